The Morgan fingerprint density at radius 2 is 0.482 bits per heavy atom. The highest BCUT2D eigenvalue weighted by atomic mass is 16.3. The molecular formula is C108H68N2O2. The number of rotatable bonds is 13. The molecule has 0 aliphatic rings. The number of hydrogen-bond acceptors (Lipinski definition) is 4. The molecule has 4 heteroatoms. The Balaban J connectivity index is 0.588. The Morgan fingerprint density at radius 1 is 0.161 bits per heavy atom. The summed E-state index contributed by atoms with van der Waals surface area (Å²) < 4.78 is 13.6. The van der Waals surface area contributed by atoms with Crippen LogP contribution in [0.4, 0.5) is 34.1 Å². The molecule has 0 saturated carbocycles. The molecule has 0 spiro atoms. The summed E-state index contributed by atoms with van der Waals surface area (Å²) in [6.07, 6.45) is 0. The van der Waals surface area contributed by atoms with Crippen LogP contribution in [0, 0.1) is 0 Å². The number of benzene rings is 20. The van der Waals surface area contributed by atoms with Gasteiger partial charge in [-0.3, -0.25) is 0 Å². The van der Waals surface area contributed by atoms with Crippen LogP contribution in [-0.4, -0.2) is 0 Å². The lowest BCUT2D eigenvalue weighted by atomic mass is 9.92. The van der Waals surface area contributed by atoms with Crippen molar-refractivity contribution in [3.8, 4) is 77.9 Å². The first kappa shape index (κ1) is 64.3. The van der Waals surface area contributed by atoms with Crippen molar-refractivity contribution in [2.24, 2.45) is 0 Å². The van der Waals surface area contributed by atoms with Crippen LogP contribution in [-0.2, 0) is 0 Å². The lowest BCUT2D eigenvalue weighted by Gasteiger charge is -2.30. The predicted molar refractivity (Wildman–Crippen MR) is 473 cm³/mol. The van der Waals surface area contributed by atoms with Crippen LogP contribution in [0.5, 0.6) is 0 Å². The number of nitrogens with zero attached hydrogens (tertiary/aromatic N) is 2. The standard InChI is InChI=1S/C108H68N2O2/c1-2-20-69(21-3-1)71-46-57-80(58-47-71)109(100-37-13-11-29-94(100)96-35-18-40-103-105(96)98-66-53-75-23-5-8-26-86(75)107(98)111-103)81-61-50-77(51-62-81)84-31-16-32-89-85-63-55-78(68-79(85)56-65-91(84)89)73-44-42-70(43-45-73)72-48-59-82(60-49-72)110(101-38-14-10-28-93(101)90-34-17-33-88-83-25-7-4-22-74(83)52-64-92(88)90)102-39-15-12-30-95(102)97-36-19-41-104-106(97)99-67-54-76-24-6-9-27-87(76)108(99)112-104/h1-68H. The summed E-state index contributed by atoms with van der Waals surface area (Å²) in [5, 5.41) is 18.7. The van der Waals surface area contributed by atoms with Crippen molar-refractivity contribution in [2.45, 2.75) is 0 Å². The van der Waals surface area contributed by atoms with Gasteiger partial charge in [-0.1, -0.05) is 328 Å². The predicted octanol–water partition coefficient (Wildman–Crippen LogP) is 31.0. The summed E-state index contributed by atoms with van der Waals surface area (Å²) in [6.45, 7) is 0. The van der Waals surface area contributed by atoms with E-state index in [4.69, 9.17) is 8.83 Å². The lowest BCUT2D eigenvalue weighted by Crippen LogP contribution is -2.12. The second kappa shape index (κ2) is 26.5. The molecule has 0 atom stereocenters. The van der Waals surface area contributed by atoms with Gasteiger partial charge in [0, 0.05) is 66.1 Å². The van der Waals surface area contributed by atoms with Crippen LogP contribution in [0.3, 0.4) is 0 Å². The van der Waals surface area contributed by atoms with Gasteiger partial charge in [0.15, 0.2) is 0 Å². The number of furan rings is 2. The molecule has 0 N–H and O–H groups in total. The third-order valence-corrected chi connectivity index (χ3v) is 23.1. The normalized spacial score (nSPS) is 11.8. The first-order chi connectivity index (χ1) is 55.5. The van der Waals surface area contributed by atoms with Gasteiger partial charge in [0.2, 0.25) is 0 Å². The number of anilines is 6. The highest BCUT2D eigenvalue weighted by molar-refractivity contribution is 6.22. The van der Waals surface area contributed by atoms with Crippen molar-refractivity contribution in [3.05, 3.63) is 413 Å². The molecule has 0 amide bonds. The van der Waals surface area contributed by atoms with Gasteiger partial charge in [-0.05, 0) is 200 Å². The third-order valence-electron chi connectivity index (χ3n) is 23.1. The van der Waals surface area contributed by atoms with Gasteiger partial charge in [-0.2, -0.15) is 0 Å². The van der Waals surface area contributed by atoms with E-state index in [2.05, 4.69) is 422 Å². The maximum Gasteiger partial charge on any atom is 0.143 e. The van der Waals surface area contributed by atoms with E-state index < -0.39 is 0 Å². The Bertz CT molecular complexity index is 7480. The smallest absolute Gasteiger partial charge is 0.143 e. The van der Waals surface area contributed by atoms with Gasteiger partial charge in [0.1, 0.15) is 22.3 Å². The van der Waals surface area contributed by atoms with Crippen molar-refractivity contribution in [2.75, 3.05) is 9.80 Å². The Labute approximate surface area is 647 Å². The van der Waals surface area contributed by atoms with Crippen molar-refractivity contribution in [1.82, 2.24) is 0 Å². The Kier molecular flexibility index (Phi) is 15.2. The fraction of sp³-hybridized carbons (Fsp3) is 0. The molecule has 0 unspecified atom stereocenters. The topological polar surface area (TPSA) is 32.8 Å². The molecule has 20 aromatic carbocycles. The molecule has 22 rings (SSSR count). The molecule has 0 fully saturated rings. The number of para-hydroxylation sites is 3. The van der Waals surface area contributed by atoms with Gasteiger partial charge in [0.25, 0.3) is 0 Å². The minimum absolute atomic E-state index is 0.862. The summed E-state index contributed by atoms with van der Waals surface area (Å²) in [5.74, 6) is 0. The maximum atomic E-state index is 6.82. The molecule has 22 aromatic rings. The van der Waals surface area contributed by atoms with Gasteiger partial charge >= 0.3 is 0 Å². The van der Waals surface area contributed by atoms with Gasteiger partial charge in [-0.15, -0.1) is 0 Å². The van der Waals surface area contributed by atoms with E-state index in [1.165, 1.54) is 70.9 Å². The SMILES string of the molecule is c1ccc(-c2ccc(N(c3ccc(-c4cccc5c4ccc4cc(-c6ccc(-c7ccc(N(c8ccccc8-c8cccc9c8ccc8ccccc89)c8ccccc8-c8cccc9oc%10c%11ccccc%11ccc%10c89)cc7)cc6)ccc45)cc3)c3ccccc3-c3cccc4oc5c6ccccc6ccc5c34)cc2)cc1. The second-order valence-electron chi connectivity index (χ2n) is 29.3. The van der Waals surface area contributed by atoms with Gasteiger partial charge in [0.05, 0.1) is 17.1 Å². The molecule has 0 aliphatic heterocycles. The van der Waals surface area contributed by atoms with E-state index in [-0.39, 0.29) is 0 Å². The van der Waals surface area contributed by atoms with E-state index in [0.29, 0.717) is 0 Å². The van der Waals surface area contributed by atoms with Crippen molar-refractivity contribution in [3.63, 3.8) is 0 Å². The lowest BCUT2D eigenvalue weighted by molar-refractivity contribution is 0.672. The van der Waals surface area contributed by atoms with Gasteiger partial charge < -0.3 is 18.6 Å². The zero-order valence-corrected chi connectivity index (χ0v) is 61.0. The van der Waals surface area contributed by atoms with Crippen molar-refractivity contribution < 1.29 is 8.83 Å². The van der Waals surface area contributed by atoms with Crippen LogP contribution in [0.15, 0.2) is 421 Å². The van der Waals surface area contributed by atoms with E-state index in [1.807, 2.05) is 0 Å². The molecule has 0 radical (unpaired) electrons. The fourth-order valence-electron chi connectivity index (χ4n) is 17.8. The number of fused-ring (bicyclic) bond motifs is 16. The highest BCUT2D eigenvalue weighted by Crippen LogP contribution is 2.51. The minimum Gasteiger partial charge on any atom is -0.455 e. The zero-order valence-electron chi connectivity index (χ0n) is 61.0. The van der Waals surface area contributed by atoms with Crippen LogP contribution < -0.4 is 9.80 Å². The number of hydrogen-bond donors (Lipinski definition) is 0. The molecule has 112 heavy (non-hydrogen) atoms. The van der Waals surface area contributed by atoms with Crippen LogP contribution >= 0.6 is 0 Å². The summed E-state index contributed by atoms with van der Waals surface area (Å²) >= 11 is 0. The molecule has 0 bridgehead atoms. The summed E-state index contributed by atoms with van der Waals surface area (Å²) in [7, 11) is 0. The third kappa shape index (κ3) is 10.7. The summed E-state index contributed by atoms with van der Waals surface area (Å²) in [6, 6.07) is 151. The zero-order chi connectivity index (χ0) is 73.7. The van der Waals surface area contributed by atoms with Crippen LogP contribution in [0.1, 0.15) is 0 Å². The molecule has 2 heterocycles. The Morgan fingerprint density at radius 3 is 1.02 bits per heavy atom. The average molecular weight is 1430 g/mol. The second-order valence-corrected chi connectivity index (χ2v) is 29.3. The summed E-state index contributed by atoms with van der Waals surface area (Å²) in [4.78, 5) is 4.87. The molecule has 0 aliphatic carbocycles. The van der Waals surface area contributed by atoms with E-state index in [0.717, 1.165) is 150 Å². The minimum atomic E-state index is 0.862. The largest absolute Gasteiger partial charge is 0.455 e. The van der Waals surface area contributed by atoms with Crippen LogP contribution in [0.2, 0.25) is 0 Å². The Hall–Kier alpha value is -14.8. The monoisotopic (exact) mass is 1420 g/mol. The maximum absolute atomic E-state index is 6.82. The van der Waals surface area contributed by atoms with E-state index >= 15 is 0 Å². The molecule has 0 saturated heterocycles. The molecule has 2 aromatic heterocycles. The van der Waals surface area contributed by atoms with E-state index in [1.54, 1.807) is 0 Å². The van der Waals surface area contributed by atoms with Crippen LogP contribution in [0.25, 0.3) is 186 Å². The molecular weight excluding hydrogens is 1360 g/mol. The first-order valence-corrected chi connectivity index (χ1v) is 38.4. The molecule has 522 valence electrons. The van der Waals surface area contributed by atoms with Gasteiger partial charge in [-0.25, -0.2) is 0 Å². The fourth-order valence-corrected chi connectivity index (χ4v) is 17.8. The molecule has 4 nitrogen and oxygen atoms in total. The van der Waals surface area contributed by atoms with Crippen molar-refractivity contribution in [1.29, 1.82) is 0 Å². The highest BCUT2D eigenvalue weighted by Gasteiger charge is 2.26. The average Bonchev–Trinajstić information content (AvgIpc) is 1.53. The quantitative estimate of drug-likeness (QED) is 0.108. The first-order valence-electron chi connectivity index (χ1n) is 38.4. The summed E-state index contributed by atoms with van der Waals surface area (Å²) in [5.41, 5.74) is 25.9. The van der Waals surface area contributed by atoms with Crippen molar-refractivity contribution >= 4 is 143 Å². The van der Waals surface area contributed by atoms with E-state index in [9.17, 15) is 0 Å².